The van der Waals surface area contributed by atoms with Gasteiger partial charge in [0.15, 0.2) is 0 Å². The number of hydrogen-bond acceptors (Lipinski definition) is 4. The predicted octanol–water partition coefficient (Wildman–Crippen LogP) is 5.67. The standard InChI is InChI=1S/C25H22ClNO3/c1-29-20-11-8-18(9-12-20)24-15-22(25(28)30-2)21-14-19(26)10-13-23(21)27(24)16-17-6-4-3-5-7-17/h3-15,24H,16H2,1-2H3. The van der Waals surface area contributed by atoms with Crippen LogP contribution < -0.4 is 9.64 Å². The molecule has 0 aliphatic carbocycles. The summed E-state index contributed by atoms with van der Waals surface area (Å²) in [7, 11) is 3.04. The van der Waals surface area contributed by atoms with E-state index in [-0.39, 0.29) is 12.0 Å². The summed E-state index contributed by atoms with van der Waals surface area (Å²) in [5.41, 5.74) is 4.45. The van der Waals surface area contributed by atoms with Crippen molar-refractivity contribution in [2.24, 2.45) is 0 Å². The normalized spacial score (nSPS) is 15.2. The molecule has 0 N–H and O–H groups in total. The van der Waals surface area contributed by atoms with Crippen LogP contribution in [0.2, 0.25) is 5.02 Å². The molecule has 0 spiro atoms. The molecule has 152 valence electrons. The highest BCUT2D eigenvalue weighted by atomic mass is 35.5. The number of benzene rings is 3. The van der Waals surface area contributed by atoms with Crippen LogP contribution in [0.5, 0.6) is 5.75 Å². The van der Waals surface area contributed by atoms with E-state index < -0.39 is 0 Å². The molecule has 5 heteroatoms. The van der Waals surface area contributed by atoms with Gasteiger partial charge in [0.2, 0.25) is 0 Å². The van der Waals surface area contributed by atoms with Gasteiger partial charge in [-0.1, -0.05) is 54.1 Å². The molecule has 4 rings (SSSR count). The van der Waals surface area contributed by atoms with Crippen LogP contribution in [0.15, 0.2) is 78.9 Å². The van der Waals surface area contributed by atoms with Crippen molar-refractivity contribution >= 4 is 28.8 Å². The largest absolute Gasteiger partial charge is 0.497 e. The first-order valence-corrected chi connectivity index (χ1v) is 10.0. The van der Waals surface area contributed by atoms with Crippen molar-refractivity contribution in [3.8, 4) is 5.75 Å². The molecule has 0 saturated carbocycles. The first-order chi connectivity index (χ1) is 14.6. The Hall–Kier alpha value is -3.24. The van der Waals surface area contributed by atoms with Gasteiger partial charge in [0.1, 0.15) is 5.75 Å². The third kappa shape index (κ3) is 3.91. The highest BCUT2D eigenvalue weighted by Gasteiger charge is 2.31. The second-order valence-electron chi connectivity index (χ2n) is 7.06. The van der Waals surface area contributed by atoms with E-state index in [0.717, 1.165) is 22.6 Å². The van der Waals surface area contributed by atoms with Crippen LogP contribution in [0.1, 0.15) is 22.7 Å². The molecular weight excluding hydrogens is 398 g/mol. The van der Waals surface area contributed by atoms with E-state index in [1.807, 2.05) is 66.7 Å². The zero-order valence-electron chi connectivity index (χ0n) is 16.8. The maximum atomic E-state index is 12.6. The average molecular weight is 420 g/mol. The van der Waals surface area contributed by atoms with Crippen LogP contribution in [0, 0.1) is 0 Å². The number of nitrogens with zero attached hydrogens (tertiary/aromatic N) is 1. The Morgan fingerprint density at radius 2 is 1.73 bits per heavy atom. The Morgan fingerprint density at radius 1 is 1.00 bits per heavy atom. The van der Waals surface area contributed by atoms with Crippen molar-refractivity contribution in [3.63, 3.8) is 0 Å². The highest BCUT2D eigenvalue weighted by Crippen LogP contribution is 2.43. The van der Waals surface area contributed by atoms with Crippen molar-refractivity contribution in [2.75, 3.05) is 19.1 Å². The fraction of sp³-hybridized carbons (Fsp3) is 0.160. The fourth-order valence-electron chi connectivity index (χ4n) is 3.79. The SMILES string of the molecule is COC(=O)C1=CC(c2ccc(OC)cc2)N(Cc2ccccc2)c2ccc(Cl)cc21. The Morgan fingerprint density at radius 3 is 2.40 bits per heavy atom. The zero-order valence-corrected chi connectivity index (χ0v) is 17.6. The van der Waals surface area contributed by atoms with E-state index in [0.29, 0.717) is 17.1 Å². The molecule has 0 saturated heterocycles. The lowest BCUT2D eigenvalue weighted by molar-refractivity contribution is -0.133. The number of esters is 1. The molecule has 1 atom stereocenters. The van der Waals surface area contributed by atoms with E-state index in [9.17, 15) is 4.79 Å². The quantitative estimate of drug-likeness (QED) is 0.500. The molecule has 0 aromatic heterocycles. The Kier molecular flexibility index (Phi) is 5.77. The van der Waals surface area contributed by atoms with Crippen LogP contribution in [-0.4, -0.2) is 20.2 Å². The lowest BCUT2D eigenvalue weighted by Crippen LogP contribution is -2.31. The second-order valence-corrected chi connectivity index (χ2v) is 7.50. The summed E-state index contributed by atoms with van der Waals surface area (Å²) in [6, 6.07) is 23.6. The molecule has 0 bridgehead atoms. The van der Waals surface area contributed by atoms with Crippen molar-refractivity contribution < 1.29 is 14.3 Å². The molecule has 0 fully saturated rings. The van der Waals surface area contributed by atoms with Gasteiger partial charge in [-0.25, -0.2) is 4.79 Å². The van der Waals surface area contributed by atoms with E-state index >= 15 is 0 Å². The fourth-order valence-corrected chi connectivity index (χ4v) is 3.96. The van der Waals surface area contributed by atoms with Crippen LogP contribution in [-0.2, 0) is 16.1 Å². The van der Waals surface area contributed by atoms with Gasteiger partial charge < -0.3 is 14.4 Å². The number of carbonyl (C=O) groups excluding carboxylic acids is 1. The van der Waals surface area contributed by atoms with Crippen LogP contribution >= 0.6 is 11.6 Å². The summed E-state index contributed by atoms with van der Waals surface area (Å²) in [4.78, 5) is 14.9. The summed E-state index contributed by atoms with van der Waals surface area (Å²) in [5.74, 6) is 0.407. The van der Waals surface area contributed by atoms with Gasteiger partial charge in [0.05, 0.1) is 25.8 Å². The maximum absolute atomic E-state index is 12.6. The molecule has 1 aliphatic rings. The number of anilines is 1. The van der Waals surface area contributed by atoms with Crippen LogP contribution in [0.4, 0.5) is 5.69 Å². The van der Waals surface area contributed by atoms with Crippen molar-refractivity contribution in [2.45, 2.75) is 12.6 Å². The van der Waals surface area contributed by atoms with E-state index in [2.05, 4.69) is 17.0 Å². The molecule has 1 unspecified atom stereocenters. The van der Waals surface area contributed by atoms with E-state index in [4.69, 9.17) is 21.1 Å². The number of carbonyl (C=O) groups is 1. The van der Waals surface area contributed by atoms with Gasteiger partial charge in [-0.05, 0) is 47.5 Å². The number of hydrogen-bond donors (Lipinski definition) is 0. The number of halogens is 1. The molecule has 1 aliphatic heterocycles. The molecule has 0 radical (unpaired) electrons. The summed E-state index contributed by atoms with van der Waals surface area (Å²) < 4.78 is 10.4. The first-order valence-electron chi connectivity index (χ1n) is 9.65. The molecular formula is C25H22ClNO3. The molecule has 1 heterocycles. The third-order valence-electron chi connectivity index (χ3n) is 5.28. The van der Waals surface area contributed by atoms with Crippen LogP contribution in [0.25, 0.3) is 5.57 Å². The predicted molar refractivity (Wildman–Crippen MR) is 120 cm³/mol. The van der Waals surface area contributed by atoms with Crippen molar-refractivity contribution in [1.82, 2.24) is 0 Å². The van der Waals surface area contributed by atoms with Gasteiger partial charge >= 0.3 is 5.97 Å². The number of rotatable bonds is 5. The molecule has 3 aromatic carbocycles. The monoisotopic (exact) mass is 419 g/mol. The zero-order chi connectivity index (χ0) is 21.1. The van der Waals surface area contributed by atoms with Gasteiger partial charge in [0.25, 0.3) is 0 Å². The number of methoxy groups -OCH3 is 2. The summed E-state index contributed by atoms with van der Waals surface area (Å²) in [6.07, 6.45) is 1.95. The Bertz CT molecular complexity index is 1080. The average Bonchev–Trinajstić information content (AvgIpc) is 2.79. The minimum atomic E-state index is -0.378. The summed E-state index contributed by atoms with van der Waals surface area (Å²) >= 11 is 6.27. The van der Waals surface area contributed by atoms with Gasteiger partial charge in [-0.3, -0.25) is 0 Å². The molecule has 30 heavy (non-hydrogen) atoms. The first kappa shape index (κ1) is 20.0. The van der Waals surface area contributed by atoms with Gasteiger partial charge in [-0.2, -0.15) is 0 Å². The lowest BCUT2D eigenvalue weighted by atomic mass is 9.91. The summed E-state index contributed by atoms with van der Waals surface area (Å²) in [5, 5.41) is 0.575. The molecule has 0 amide bonds. The van der Waals surface area contributed by atoms with Crippen molar-refractivity contribution in [1.29, 1.82) is 0 Å². The smallest absolute Gasteiger partial charge is 0.338 e. The molecule has 3 aromatic rings. The minimum Gasteiger partial charge on any atom is -0.497 e. The van der Waals surface area contributed by atoms with Crippen LogP contribution in [0.3, 0.4) is 0 Å². The summed E-state index contributed by atoms with van der Waals surface area (Å²) in [6.45, 7) is 0.678. The van der Waals surface area contributed by atoms with E-state index in [1.54, 1.807) is 7.11 Å². The minimum absolute atomic E-state index is 0.154. The highest BCUT2D eigenvalue weighted by molar-refractivity contribution is 6.31. The Labute approximate surface area is 181 Å². The lowest BCUT2D eigenvalue weighted by Gasteiger charge is -2.38. The topological polar surface area (TPSA) is 38.8 Å². The number of ether oxygens (including phenoxy) is 2. The van der Waals surface area contributed by atoms with E-state index in [1.165, 1.54) is 12.7 Å². The third-order valence-corrected chi connectivity index (χ3v) is 5.51. The van der Waals surface area contributed by atoms with Gasteiger partial charge in [-0.15, -0.1) is 0 Å². The number of fused-ring (bicyclic) bond motifs is 1. The second kappa shape index (κ2) is 8.64. The van der Waals surface area contributed by atoms with Gasteiger partial charge in [0, 0.05) is 22.8 Å². The maximum Gasteiger partial charge on any atom is 0.338 e. The van der Waals surface area contributed by atoms with Crippen molar-refractivity contribution in [3.05, 3.63) is 101 Å². The molecule has 4 nitrogen and oxygen atoms in total. The Balaban J connectivity index is 1.86.